The Morgan fingerprint density at radius 2 is 1.89 bits per heavy atom. The highest BCUT2D eigenvalue weighted by molar-refractivity contribution is 5.56. The Morgan fingerprint density at radius 3 is 2.64 bits per heavy atom. The van der Waals surface area contributed by atoms with Crippen molar-refractivity contribution in [2.75, 3.05) is 25.5 Å². The van der Waals surface area contributed by atoms with Gasteiger partial charge in [0.05, 0.1) is 18.5 Å². The Balaban J connectivity index is 1.30. The number of aromatic nitrogens is 1. The van der Waals surface area contributed by atoms with E-state index < -0.39 is 0 Å². The van der Waals surface area contributed by atoms with Crippen molar-refractivity contribution < 1.29 is 13.5 Å². The second-order valence-corrected chi connectivity index (χ2v) is 7.05. The normalized spacial score (nSPS) is 15.5. The van der Waals surface area contributed by atoms with Crippen LogP contribution in [0.1, 0.15) is 18.5 Å². The maximum Gasteiger partial charge on any atom is 0.226 e. The van der Waals surface area contributed by atoms with Crippen LogP contribution in [0.3, 0.4) is 0 Å². The fourth-order valence-electron chi connectivity index (χ4n) is 3.55. The average Bonchev–Trinajstić information content (AvgIpc) is 3.19. The second kappa shape index (κ2) is 8.44. The van der Waals surface area contributed by atoms with E-state index in [2.05, 4.69) is 21.3 Å². The first kappa shape index (κ1) is 18.5. The van der Waals surface area contributed by atoms with Crippen molar-refractivity contribution in [3.05, 3.63) is 66.3 Å². The van der Waals surface area contributed by atoms with Crippen molar-refractivity contribution in [3.63, 3.8) is 0 Å². The van der Waals surface area contributed by atoms with Crippen molar-refractivity contribution in [1.29, 1.82) is 0 Å². The molecule has 2 aromatic carbocycles. The predicted molar refractivity (Wildman–Crippen MR) is 107 cm³/mol. The summed E-state index contributed by atoms with van der Waals surface area (Å²) in [6.07, 6.45) is 3.80. The van der Waals surface area contributed by atoms with Gasteiger partial charge in [0, 0.05) is 31.2 Å². The number of halogens is 1. The lowest BCUT2D eigenvalue weighted by molar-refractivity contribution is 0.209. The molecule has 0 saturated carbocycles. The number of anilines is 1. The Hall–Kier alpha value is -2.86. The molecule has 1 aliphatic heterocycles. The number of methoxy groups -OCH3 is 1. The van der Waals surface area contributed by atoms with E-state index in [9.17, 15) is 4.39 Å². The molecule has 1 aliphatic rings. The van der Waals surface area contributed by atoms with Gasteiger partial charge in [-0.05, 0) is 49.2 Å². The number of piperidine rings is 1. The summed E-state index contributed by atoms with van der Waals surface area (Å²) in [6, 6.07) is 14.6. The number of rotatable bonds is 6. The number of oxazole rings is 1. The molecule has 0 atom stereocenters. The standard InChI is InChI=1S/C22H24FN3O2/c1-27-21-5-3-2-4-20(21)24-18-10-12-26(13-11-18)14-19-15-28-22(25-19)16-6-8-17(23)9-7-16/h2-9,15,18,24H,10-14H2,1H3. The number of benzene rings is 2. The minimum Gasteiger partial charge on any atom is -0.495 e. The number of hydrogen-bond donors (Lipinski definition) is 1. The quantitative estimate of drug-likeness (QED) is 0.678. The Labute approximate surface area is 164 Å². The second-order valence-electron chi connectivity index (χ2n) is 7.05. The van der Waals surface area contributed by atoms with Crippen LogP contribution in [0, 0.1) is 5.82 Å². The highest BCUT2D eigenvalue weighted by Gasteiger charge is 2.21. The third-order valence-corrected chi connectivity index (χ3v) is 5.08. The van der Waals surface area contributed by atoms with E-state index in [0.717, 1.165) is 55.2 Å². The number of nitrogens with one attached hydrogen (secondary N) is 1. The zero-order chi connectivity index (χ0) is 19.3. The summed E-state index contributed by atoms with van der Waals surface area (Å²) < 4.78 is 24.0. The van der Waals surface area contributed by atoms with E-state index >= 15 is 0 Å². The zero-order valence-corrected chi connectivity index (χ0v) is 15.9. The molecule has 0 aliphatic carbocycles. The summed E-state index contributed by atoms with van der Waals surface area (Å²) in [5, 5.41) is 3.60. The molecule has 5 nitrogen and oxygen atoms in total. The minimum atomic E-state index is -0.264. The van der Waals surface area contributed by atoms with E-state index in [1.165, 1.54) is 12.1 Å². The molecule has 1 fully saturated rings. The van der Waals surface area contributed by atoms with Crippen LogP contribution >= 0.6 is 0 Å². The van der Waals surface area contributed by atoms with E-state index in [1.54, 1.807) is 25.5 Å². The molecular formula is C22H24FN3O2. The van der Waals surface area contributed by atoms with Gasteiger partial charge >= 0.3 is 0 Å². The van der Waals surface area contributed by atoms with Gasteiger partial charge in [-0.3, -0.25) is 4.90 Å². The van der Waals surface area contributed by atoms with Gasteiger partial charge < -0.3 is 14.5 Å². The summed E-state index contributed by atoms with van der Waals surface area (Å²) in [5.74, 6) is 1.14. The van der Waals surface area contributed by atoms with Crippen LogP contribution in [-0.2, 0) is 6.54 Å². The van der Waals surface area contributed by atoms with Gasteiger partial charge in [-0.1, -0.05) is 12.1 Å². The first-order valence-corrected chi connectivity index (χ1v) is 9.53. The third-order valence-electron chi connectivity index (χ3n) is 5.08. The van der Waals surface area contributed by atoms with E-state index in [1.807, 2.05) is 18.2 Å². The molecule has 28 heavy (non-hydrogen) atoms. The summed E-state index contributed by atoms with van der Waals surface area (Å²) >= 11 is 0. The van der Waals surface area contributed by atoms with Gasteiger partial charge in [0.1, 0.15) is 17.8 Å². The van der Waals surface area contributed by atoms with E-state index in [-0.39, 0.29) is 5.82 Å². The molecule has 146 valence electrons. The van der Waals surface area contributed by atoms with Crippen molar-refractivity contribution in [2.45, 2.75) is 25.4 Å². The lowest BCUT2D eigenvalue weighted by atomic mass is 10.0. The topological polar surface area (TPSA) is 50.5 Å². The molecule has 0 spiro atoms. The number of nitrogens with zero attached hydrogens (tertiary/aromatic N) is 2. The van der Waals surface area contributed by atoms with Crippen LogP contribution in [0.5, 0.6) is 5.75 Å². The average molecular weight is 381 g/mol. The van der Waals surface area contributed by atoms with Gasteiger partial charge in [-0.25, -0.2) is 9.37 Å². The maximum absolute atomic E-state index is 13.1. The van der Waals surface area contributed by atoms with Crippen molar-refractivity contribution >= 4 is 5.69 Å². The van der Waals surface area contributed by atoms with E-state index in [0.29, 0.717) is 11.9 Å². The molecule has 6 heteroatoms. The molecule has 1 aromatic heterocycles. The summed E-state index contributed by atoms with van der Waals surface area (Å²) in [6.45, 7) is 2.74. The molecule has 1 N–H and O–H groups in total. The molecule has 0 amide bonds. The first-order chi connectivity index (χ1) is 13.7. The Bertz CT molecular complexity index is 902. The summed E-state index contributed by atoms with van der Waals surface area (Å²) in [7, 11) is 1.70. The number of hydrogen-bond acceptors (Lipinski definition) is 5. The fraction of sp³-hybridized carbons (Fsp3) is 0.318. The highest BCUT2D eigenvalue weighted by atomic mass is 19.1. The molecular weight excluding hydrogens is 357 g/mol. The molecule has 0 radical (unpaired) electrons. The molecule has 0 unspecified atom stereocenters. The predicted octanol–water partition coefficient (Wildman–Crippen LogP) is 4.57. The van der Waals surface area contributed by atoms with Crippen molar-refractivity contribution in [3.8, 4) is 17.2 Å². The van der Waals surface area contributed by atoms with Crippen LogP contribution < -0.4 is 10.1 Å². The molecule has 2 heterocycles. The van der Waals surface area contributed by atoms with Gasteiger partial charge in [0.2, 0.25) is 5.89 Å². The van der Waals surface area contributed by atoms with Gasteiger partial charge in [-0.2, -0.15) is 0 Å². The van der Waals surface area contributed by atoms with Crippen LogP contribution in [-0.4, -0.2) is 36.1 Å². The first-order valence-electron chi connectivity index (χ1n) is 9.53. The molecule has 3 aromatic rings. The largest absolute Gasteiger partial charge is 0.495 e. The van der Waals surface area contributed by atoms with Gasteiger partial charge in [-0.15, -0.1) is 0 Å². The highest BCUT2D eigenvalue weighted by Crippen LogP contribution is 2.26. The lowest BCUT2D eigenvalue weighted by Crippen LogP contribution is -2.38. The Kier molecular flexibility index (Phi) is 5.58. The third kappa shape index (κ3) is 4.34. The van der Waals surface area contributed by atoms with Crippen molar-refractivity contribution in [2.24, 2.45) is 0 Å². The fourth-order valence-corrected chi connectivity index (χ4v) is 3.55. The van der Waals surface area contributed by atoms with Crippen LogP contribution in [0.15, 0.2) is 59.2 Å². The number of ether oxygens (including phenoxy) is 1. The monoisotopic (exact) mass is 381 g/mol. The Morgan fingerprint density at radius 1 is 1.14 bits per heavy atom. The van der Waals surface area contributed by atoms with Crippen LogP contribution in [0.25, 0.3) is 11.5 Å². The smallest absolute Gasteiger partial charge is 0.226 e. The lowest BCUT2D eigenvalue weighted by Gasteiger charge is -2.32. The molecule has 0 bridgehead atoms. The van der Waals surface area contributed by atoms with Crippen LogP contribution in [0.4, 0.5) is 10.1 Å². The molecule has 1 saturated heterocycles. The SMILES string of the molecule is COc1ccccc1NC1CCN(Cc2coc(-c3ccc(F)cc3)n2)CC1. The van der Waals surface area contributed by atoms with Gasteiger partial charge in [0.15, 0.2) is 0 Å². The number of para-hydroxylation sites is 2. The minimum absolute atomic E-state index is 0.264. The van der Waals surface area contributed by atoms with Gasteiger partial charge in [0.25, 0.3) is 0 Å². The van der Waals surface area contributed by atoms with E-state index in [4.69, 9.17) is 9.15 Å². The molecule has 4 rings (SSSR count). The summed E-state index contributed by atoms with van der Waals surface area (Å²) in [5.41, 5.74) is 2.73. The summed E-state index contributed by atoms with van der Waals surface area (Å²) in [4.78, 5) is 6.93. The maximum atomic E-state index is 13.1. The van der Waals surface area contributed by atoms with Crippen LogP contribution in [0.2, 0.25) is 0 Å². The number of likely N-dealkylation sites (tertiary alicyclic amines) is 1. The zero-order valence-electron chi connectivity index (χ0n) is 15.9. The van der Waals surface area contributed by atoms with Crippen molar-refractivity contribution in [1.82, 2.24) is 9.88 Å².